The van der Waals surface area contributed by atoms with Gasteiger partial charge in [0.1, 0.15) is 18.8 Å². The third kappa shape index (κ3) is 4.87. The smallest absolute Gasteiger partial charge is 0.417 e. The number of anilines is 1. The molecule has 0 saturated carbocycles. The number of hydrogen-bond acceptors (Lipinski definition) is 5. The van der Waals surface area contributed by atoms with Crippen molar-refractivity contribution < 1.29 is 22.7 Å². The van der Waals surface area contributed by atoms with Crippen LogP contribution < -0.4 is 15.0 Å². The van der Waals surface area contributed by atoms with Crippen LogP contribution in [0.25, 0.3) is 0 Å². The number of nitrogens with zero attached hydrogens (tertiary/aromatic N) is 3. The van der Waals surface area contributed by atoms with Gasteiger partial charge in [-0.3, -0.25) is 4.79 Å². The van der Waals surface area contributed by atoms with Crippen molar-refractivity contribution in [2.45, 2.75) is 19.0 Å². The number of ether oxygens (including phenoxy) is 1. The molecular formula is C18H19F3N4O2. The van der Waals surface area contributed by atoms with Gasteiger partial charge in [0.25, 0.3) is 5.91 Å². The third-order valence-corrected chi connectivity index (χ3v) is 4.17. The van der Waals surface area contributed by atoms with Gasteiger partial charge in [-0.15, -0.1) is 0 Å². The molecule has 9 heteroatoms. The maximum atomic E-state index is 13.0. The Morgan fingerprint density at radius 2 is 1.93 bits per heavy atom. The fourth-order valence-electron chi connectivity index (χ4n) is 2.87. The standard InChI is InChI=1S/C18H19F3N4O2/c19-18(20,21)14-6-2-1-5-13(14)17(26)22-7-10-27-16-11-15(23-12-24-16)25-8-3-4-9-25/h1-2,5-6,11-12H,3-4,7-10H2,(H,22,26). The number of halogens is 3. The average molecular weight is 380 g/mol. The molecule has 1 N–H and O–H groups in total. The zero-order valence-electron chi connectivity index (χ0n) is 14.5. The number of carbonyl (C=O) groups is 1. The van der Waals surface area contributed by atoms with Crippen molar-refractivity contribution in [2.75, 3.05) is 31.1 Å². The minimum Gasteiger partial charge on any atom is -0.476 e. The van der Waals surface area contributed by atoms with Crippen molar-refractivity contribution >= 4 is 11.7 Å². The van der Waals surface area contributed by atoms with Crippen LogP contribution in [-0.2, 0) is 6.18 Å². The van der Waals surface area contributed by atoms with Gasteiger partial charge in [0.2, 0.25) is 5.88 Å². The van der Waals surface area contributed by atoms with Crippen molar-refractivity contribution in [1.29, 1.82) is 0 Å². The second-order valence-electron chi connectivity index (χ2n) is 6.06. The van der Waals surface area contributed by atoms with E-state index in [2.05, 4.69) is 20.2 Å². The first-order chi connectivity index (χ1) is 12.9. The summed E-state index contributed by atoms with van der Waals surface area (Å²) in [7, 11) is 0. The Balaban J connectivity index is 1.52. The highest BCUT2D eigenvalue weighted by Crippen LogP contribution is 2.31. The van der Waals surface area contributed by atoms with Gasteiger partial charge < -0.3 is 15.0 Å². The number of amides is 1. The van der Waals surface area contributed by atoms with Crippen LogP contribution in [-0.4, -0.2) is 42.1 Å². The Hall–Kier alpha value is -2.84. The van der Waals surface area contributed by atoms with Crippen LogP contribution in [0.3, 0.4) is 0 Å². The fourth-order valence-corrected chi connectivity index (χ4v) is 2.87. The lowest BCUT2D eigenvalue weighted by molar-refractivity contribution is -0.137. The van der Waals surface area contributed by atoms with E-state index in [1.54, 1.807) is 6.07 Å². The van der Waals surface area contributed by atoms with E-state index in [0.29, 0.717) is 5.88 Å². The largest absolute Gasteiger partial charge is 0.476 e. The van der Waals surface area contributed by atoms with Gasteiger partial charge in [-0.1, -0.05) is 12.1 Å². The summed E-state index contributed by atoms with van der Waals surface area (Å²) in [5.74, 6) is 0.337. The molecule has 1 aliphatic rings. The molecule has 1 aromatic heterocycles. The van der Waals surface area contributed by atoms with Crippen molar-refractivity contribution in [2.24, 2.45) is 0 Å². The first-order valence-corrected chi connectivity index (χ1v) is 8.59. The minimum absolute atomic E-state index is 0.0497. The van der Waals surface area contributed by atoms with Gasteiger partial charge in [0.05, 0.1) is 17.7 Å². The molecule has 1 aromatic carbocycles. The first kappa shape index (κ1) is 18.9. The average Bonchev–Trinajstić information content (AvgIpc) is 3.19. The molecule has 1 fully saturated rings. The molecular weight excluding hydrogens is 361 g/mol. The monoisotopic (exact) mass is 380 g/mol. The molecule has 1 amide bonds. The third-order valence-electron chi connectivity index (χ3n) is 4.17. The summed E-state index contributed by atoms with van der Waals surface area (Å²) in [4.78, 5) is 22.4. The highest BCUT2D eigenvalue weighted by molar-refractivity contribution is 5.95. The summed E-state index contributed by atoms with van der Waals surface area (Å²) in [5, 5.41) is 2.43. The van der Waals surface area contributed by atoms with Gasteiger partial charge in [0, 0.05) is 19.2 Å². The Labute approximate surface area is 154 Å². The number of carbonyl (C=O) groups excluding carboxylic acids is 1. The molecule has 27 heavy (non-hydrogen) atoms. The van der Waals surface area contributed by atoms with Gasteiger partial charge in [0.15, 0.2) is 0 Å². The van der Waals surface area contributed by atoms with Gasteiger partial charge in [-0.25, -0.2) is 9.97 Å². The first-order valence-electron chi connectivity index (χ1n) is 8.59. The summed E-state index contributed by atoms with van der Waals surface area (Å²) in [5.41, 5.74) is -1.38. The Kier molecular flexibility index (Phi) is 5.78. The van der Waals surface area contributed by atoms with E-state index in [9.17, 15) is 18.0 Å². The van der Waals surface area contributed by atoms with Crippen molar-refractivity contribution in [3.05, 3.63) is 47.8 Å². The van der Waals surface area contributed by atoms with Crippen LogP contribution >= 0.6 is 0 Å². The van der Waals surface area contributed by atoms with Crippen molar-refractivity contribution in [1.82, 2.24) is 15.3 Å². The van der Waals surface area contributed by atoms with Gasteiger partial charge in [-0.05, 0) is 25.0 Å². The molecule has 6 nitrogen and oxygen atoms in total. The van der Waals surface area contributed by atoms with E-state index in [1.165, 1.54) is 18.5 Å². The highest BCUT2D eigenvalue weighted by Gasteiger charge is 2.34. The lowest BCUT2D eigenvalue weighted by atomic mass is 10.1. The number of nitrogens with one attached hydrogen (secondary N) is 1. The maximum absolute atomic E-state index is 13.0. The summed E-state index contributed by atoms with van der Waals surface area (Å²) in [6.45, 7) is 2.00. The van der Waals surface area contributed by atoms with Crippen LogP contribution in [0, 0.1) is 0 Å². The van der Waals surface area contributed by atoms with Crippen molar-refractivity contribution in [3.8, 4) is 5.88 Å². The van der Waals surface area contributed by atoms with E-state index in [-0.39, 0.29) is 13.2 Å². The normalized spacial score (nSPS) is 14.3. The summed E-state index contributed by atoms with van der Waals surface area (Å²) in [6, 6.07) is 6.38. The van der Waals surface area contributed by atoms with Gasteiger partial charge >= 0.3 is 6.18 Å². The van der Waals surface area contributed by atoms with Gasteiger partial charge in [-0.2, -0.15) is 13.2 Å². The van der Waals surface area contributed by atoms with Crippen LogP contribution in [0.4, 0.5) is 19.0 Å². The quantitative estimate of drug-likeness (QED) is 0.781. The highest BCUT2D eigenvalue weighted by atomic mass is 19.4. The molecule has 2 aromatic rings. The molecule has 0 bridgehead atoms. The molecule has 0 radical (unpaired) electrons. The topological polar surface area (TPSA) is 67.3 Å². The van der Waals surface area contributed by atoms with Crippen LogP contribution in [0.15, 0.2) is 36.7 Å². The van der Waals surface area contributed by atoms with E-state index in [4.69, 9.17) is 4.74 Å². The van der Waals surface area contributed by atoms with E-state index >= 15 is 0 Å². The number of aromatic nitrogens is 2. The van der Waals surface area contributed by atoms with Crippen molar-refractivity contribution in [3.63, 3.8) is 0 Å². The predicted octanol–water partition coefficient (Wildman–Crippen LogP) is 2.90. The predicted molar refractivity (Wildman–Crippen MR) is 92.8 cm³/mol. The van der Waals surface area contributed by atoms with Crippen LogP contribution in [0.1, 0.15) is 28.8 Å². The number of rotatable bonds is 6. The molecule has 2 heterocycles. The lowest BCUT2D eigenvalue weighted by Gasteiger charge is -2.16. The zero-order valence-corrected chi connectivity index (χ0v) is 14.5. The molecule has 3 rings (SSSR count). The van der Waals surface area contributed by atoms with Crippen LogP contribution in [0.2, 0.25) is 0 Å². The Morgan fingerprint density at radius 3 is 2.67 bits per heavy atom. The second kappa shape index (κ2) is 8.24. The van der Waals surface area contributed by atoms with E-state index in [0.717, 1.165) is 43.9 Å². The Morgan fingerprint density at radius 1 is 1.19 bits per heavy atom. The Bertz CT molecular complexity index is 792. The molecule has 1 aliphatic heterocycles. The molecule has 0 unspecified atom stereocenters. The zero-order chi connectivity index (χ0) is 19.3. The maximum Gasteiger partial charge on any atom is 0.417 e. The van der Waals surface area contributed by atoms with E-state index in [1.807, 2.05) is 0 Å². The number of alkyl halides is 3. The lowest BCUT2D eigenvalue weighted by Crippen LogP contribution is -2.30. The fraction of sp³-hybridized carbons (Fsp3) is 0.389. The van der Waals surface area contributed by atoms with E-state index < -0.39 is 23.2 Å². The molecule has 0 spiro atoms. The second-order valence-corrected chi connectivity index (χ2v) is 6.06. The summed E-state index contributed by atoms with van der Waals surface area (Å²) in [6.07, 6.45) is -0.949. The van der Waals surface area contributed by atoms with Crippen LogP contribution in [0.5, 0.6) is 5.88 Å². The summed E-state index contributed by atoms with van der Waals surface area (Å²) < 4.78 is 44.4. The summed E-state index contributed by atoms with van der Waals surface area (Å²) >= 11 is 0. The molecule has 144 valence electrons. The molecule has 0 atom stereocenters. The number of hydrogen-bond donors (Lipinski definition) is 1. The minimum atomic E-state index is -4.59. The number of benzene rings is 1. The SMILES string of the molecule is O=C(NCCOc1cc(N2CCCC2)ncn1)c1ccccc1C(F)(F)F. The molecule has 1 saturated heterocycles. The molecule has 0 aliphatic carbocycles.